The Balaban J connectivity index is 1.76. The van der Waals surface area contributed by atoms with Crippen molar-refractivity contribution in [1.29, 1.82) is 0 Å². The molecule has 0 radical (unpaired) electrons. The zero-order valence-corrected chi connectivity index (χ0v) is 10.7. The van der Waals surface area contributed by atoms with Crippen molar-refractivity contribution in [2.24, 2.45) is 0 Å². The van der Waals surface area contributed by atoms with Crippen molar-refractivity contribution in [3.8, 4) is 11.5 Å². The maximum atomic E-state index is 12.0. The van der Waals surface area contributed by atoms with Gasteiger partial charge in [-0.25, -0.2) is 0 Å². The fourth-order valence-corrected chi connectivity index (χ4v) is 1.93. The summed E-state index contributed by atoms with van der Waals surface area (Å²) in [6.45, 7) is 0.243. The van der Waals surface area contributed by atoms with Crippen LogP contribution in [-0.4, -0.2) is 12.6 Å². The Labute approximate surface area is 116 Å². The number of allylic oxidation sites excluding steroid dienone is 1. The van der Waals surface area contributed by atoms with Gasteiger partial charge >= 0.3 is 0 Å². The van der Waals surface area contributed by atoms with Crippen molar-refractivity contribution in [1.82, 2.24) is 0 Å². The van der Waals surface area contributed by atoms with Crippen LogP contribution in [0.2, 0.25) is 0 Å². The summed E-state index contributed by atoms with van der Waals surface area (Å²) in [4.78, 5) is 12.0. The first kappa shape index (κ1) is 12.3. The largest absolute Gasteiger partial charge is 0.454 e. The van der Waals surface area contributed by atoms with Crippen molar-refractivity contribution >= 4 is 17.5 Å². The summed E-state index contributed by atoms with van der Waals surface area (Å²) in [5, 5.41) is 0. The molecule has 1 aliphatic heterocycles. The lowest BCUT2D eigenvalue weighted by Gasteiger charge is -1.98. The number of ketones is 1. The van der Waals surface area contributed by atoms with Crippen molar-refractivity contribution in [3.05, 3.63) is 59.7 Å². The summed E-state index contributed by atoms with van der Waals surface area (Å²) >= 11 is 0. The molecule has 0 amide bonds. The van der Waals surface area contributed by atoms with Crippen LogP contribution in [0.1, 0.15) is 15.9 Å². The molecule has 1 heterocycles. The monoisotopic (exact) mass is 267 g/mol. The summed E-state index contributed by atoms with van der Waals surface area (Å²) in [6, 6.07) is 12.4. The Morgan fingerprint density at radius 3 is 2.60 bits per heavy atom. The normalized spacial score (nSPS) is 12.8. The van der Waals surface area contributed by atoms with Gasteiger partial charge in [0.15, 0.2) is 17.3 Å². The second-order valence-electron chi connectivity index (χ2n) is 4.43. The Morgan fingerprint density at radius 2 is 1.80 bits per heavy atom. The quantitative estimate of drug-likeness (QED) is 0.527. The van der Waals surface area contributed by atoms with Gasteiger partial charge in [0.25, 0.3) is 0 Å². The zero-order chi connectivity index (χ0) is 13.9. The molecule has 1 aliphatic rings. The second kappa shape index (κ2) is 5.09. The van der Waals surface area contributed by atoms with Crippen LogP contribution in [0.4, 0.5) is 5.69 Å². The molecular weight excluding hydrogens is 254 g/mol. The molecule has 0 spiro atoms. The fourth-order valence-electron chi connectivity index (χ4n) is 1.93. The number of fused-ring (bicyclic) bond motifs is 1. The highest BCUT2D eigenvalue weighted by atomic mass is 16.7. The van der Waals surface area contributed by atoms with Gasteiger partial charge in [-0.2, -0.15) is 0 Å². The van der Waals surface area contributed by atoms with Crippen LogP contribution in [0, 0.1) is 0 Å². The van der Waals surface area contributed by atoms with Gasteiger partial charge in [-0.15, -0.1) is 0 Å². The molecule has 0 saturated heterocycles. The van der Waals surface area contributed by atoms with Gasteiger partial charge < -0.3 is 15.2 Å². The molecule has 4 heteroatoms. The van der Waals surface area contributed by atoms with Gasteiger partial charge in [0.05, 0.1) is 0 Å². The minimum atomic E-state index is -0.0670. The lowest BCUT2D eigenvalue weighted by molar-refractivity contribution is 0.104. The van der Waals surface area contributed by atoms with Gasteiger partial charge in [0.1, 0.15) is 0 Å². The highest BCUT2D eigenvalue weighted by Crippen LogP contribution is 2.32. The molecular formula is C16H13NO3. The van der Waals surface area contributed by atoms with Crippen molar-refractivity contribution < 1.29 is 14.3 Å². The summed E-state index contributed by atoms with van der Waals surface area (Å²) < 4.78 is 10.5. The summed E-state index contributed by atoms with van der Waals surface area (Å²) in [5.74, 6) is 1.36. The molecule has 0 fully saturated rings. The van der Waals surface area contributed by atoms with Crippen molar-refractivity contribution in [2.75, 3.05) is 12.5 Å². The smallest absolute Gasteiger partial charge is 0.231 e. The third-order valence-electron chi connectivity index (χ3n) is 3.02. The first-order valence-corrected chi connectivity index (χ1v) is 6.20. The fraction of sp³-hybridized carbons (Fsp3) is 0.0625. The maximum absolute atomic E-state index is 12.0. The lowest BCUT2D eigenvalue weighted by Crippen LogP contribution is -1.94. The molecule has 3 rings (SSSR count). The van der Waals surface area contributed by atoms with Gasteiger partial charge in [-0.1, -0.05) is 12.1 Å². The molecule has 100 valence electrons. The first-order valence-electron chi connectivity index (χ1n) is 6.20. The molecule has 20 heavy (non-hydrogen) atoms. The van der Waals surface area contributed by atoms with Crippen LogP contribution < -0.4 is 15.2 Å². The Hall–Kier alpha value is -2.75. The van der Waals surface area contributed by atoms with Crippen LogP contribution in [0.3, 0.4) is 0 Å². The van der Waals surface area contributed by atoms with E-state index in [0.29, 0.717) is 17.0 Å². The van der Waals surface area contributed by atoms with Gasteiger partial charge in [0, 0.05) is 11.3 Å². The number of benzene rings is 2. The van der Waals surface area contributed by atoms with Crippen molar-refractivity contribution in [2.45, 2.75) is 0 Å². The van der Waals surface area contributed by atoms with Gasteiger partial charge in [-0.3, -0.25) is 4.79 Å². The molecule has 0 atom stereocenters. The molecule has 2 aromatic carbocycles. The molecule has 2 N–H and O–H groups in total. The number of nitrogen functional groups attached to an aromatic ring is 1. The Bertz CT molecular complexity index is 675. The molecule has 0 unspecified atom stereocenters. The Kier molecular flexibility index (Phi) is 3.13. The standard InChI is InChI=1S/C16H13NO3/c17-13-5-3-12(4-6-13)14(18)7-1-11-2-8-15-16(9-11)20-10-19-15/h1-9H,10,17H2/b7-1+. The van der Waals surface area contributed by atoms with E-state index in [-0.39, 0.29) is 12.6 Å². The van der Waals surface area contributed by atoms with E-state index in [1.165, 1.54) is 6.08 Å². The van der Waals surface area contributed by atoms with E-state index in [1.54, 1.807) is 30.3 Å². The zero-order valence-electron chi connectivity index (χ0n) is 10.7. The number of anilines is 1. The average Bonchev–Trinajstić information content (AvgIpc) is 2.93. The van der Waals surface area contributed by atoms with Crippen LogP contribution in [0.5, 0.6) is 11.5 Å². The minimum absolute atomic E-state index is 0.0670. The number of hydrogen-bond donors (Lipinski definition) is 1. The predicted octanol–water partition coefficient (Wildman–Crippen LogP) is 2.89. The first-order chi connectivity index (χ1) is 9.72. The van der Waals surface area contributed by atoms with Crippen LogP contribution in [0.25, 0.3) is 6.08 Å². The van der Waals surface area contributed by atoms with Gasteiger partial charge in [0.2, 0.25) is 6.79 Å². The number of nitrogens with two attached hydrogens (primary N) is 1. The highest BCUT2D eigenvalue weighted by Gasteiger charge is 2.12. The topological polar surface area (TPSA) is 61.6 Å². The number of hydrogen-bond acceptors (Lipinski definition) is 4. The van der Waals surface area contributed by atoms with Crippen LogP contribution in [0.15, 0.2) is 48.5 Å². The lowest BCUT2D eigenvalue weighted by atomic mass is 10.1. The molecule has 4 nitrogen and oxygen atoms in total. The number of carbonyl (C=O) groups is 1. The molecule has 0 aliphatic carbocycles. The third kappa shape index (κ3) is 2.49. The summed E-state index contributed by atoms with van der Waals surface area (Å²) in [6.07, 6.45) is 3.28. The summed E-state index contributed by atoms with van der Waals surface area (Å²) in [5.41, 5.74) is 7.72. The van der Waals surface area contributed by atoms with E-state index in [2.05, 4.69) is 0 Å². The van der Waals surface area contributed by atoms with Crippen LogP contribution >= 0.6 is 0 Å². The second-order valence-corrected chi connectivity index (χ2v) is 4.43. The molecule has 0 aromatic heterocycles. The SMILES string of the molecule is Nc1ccc(C(=O)/C=C/c2ccc3c(c2)OCO3)cc1. The van der Waals surface area contributed by atoms with Gasteiger partial charge in [-0.05, 0) is 48.0 Å². The third-order valence-corrected chi connectivity index (χ3v) is 3.02. The average molecular weight is 267 g/mol. The van der Waals surface area contributed by atoms with E-state index in [4.69, 9.17) is 15.2 Å². The summed E-state index contributed by atoms with van der Waals surface area (Å²) in [7, 11) is 0. The number of ether oxygens (including phenoxy) is 2. The van der Waals surface area contributed by atoms with E-state index < -0.39 is 0 Å². The van der Waals surface area contributed by atoms with E-state index in [0.717, 1.165) is 11.3 Å². The van der Waals surface area contributed by atoms with Crippen molar-refractivity contribution in [3.63, 3.8) is 0 Å². The highest BCUT2D eigenvalue weighted by molar-refractivity contribution is 6.06. The molecule has 2 aromatic rings. The molecule has 0 bridgehead atoms. The van der Waals surface area contributed by atoms with E-state index in [1.807, 2.05) is 18.2 Å². The predicted molar refractivity (Wildman–Crippen MR) is 76.8 cm³/mol. The Morgan fingerprint density at radius 1 is 1.05 bits per heavy atom. The van der Waals surface area contributed by atoms with E-state index in [9.17, 15) is 4.79 Å². The minimum Gasteiger partial charge on any atom is -0.454 e. The van der Waals surface area contributed by atoms with E-state index >= 15 is 0 Å². The number of rotatable bonds is 3. The maximum Gasteiger partial charge on any atom is 0.231 e. The molecule has 0 saturated carbocycles. The van der Waals surface area contributed by atoms with Crippen LogP contribution in [-0.2, 0) is 0 Å². The number of carbonyl (C=O) groups excluding carboxylic acids is 1.